The first-order valence-electron chi connectivity index (χ1n) is 11.2. The number of carbonyl (C=O) groups excluding carboxylic acids is 1. The van der Waals surface area contributed by atoms with E-state index in [2.05, 4.69) is 4.99 Å². The predicted molar refractivity (Wildman–Crippen MR) is 118 cm³/mol. The molecule has 2 aromatic rings. The maximum absolute atomic E-state index is 13.3. The lowest BCUT2D eigenvalue weighted by atomic mass is 9.92. The van der Waals surface area contributed by atoms with E-state index in [1.807, 2.05) is 32.5 Å². The largest absolute Gasteiger partial charge is 0.490 e. The van der Waals surface area contributed by atoms with Crippen LogP contribution in [0.3, 0.4) is 0 Å². The molecule has 6 nitrogen and oxygen atoms in total. The summed E-state index contributed by atoms with van der Waals surface area (Å²) in [5.74, 6) is -1.05. The van der Waals surface area contributed by atoms with Crippen molar-refractivity contribution >= 4 is 5.91 Å². The molecule has 10 heteroatoms. The van der Waals surface area contributed by atoms with E-state index in [-0.39, 0.29) is 22.8 Å². The van der Waals surface area contributed by atoms with Crippen molar-refractivity contribution in [2.75, 3.05) is 13.2 Å². The van der Waals surface area contributed by atoms with Crippen molar-refractivity contribution in [3.63, 3.8) is 0 Å². The third-order valence-electron chi connectivity index (χ3n) is 5.63. The monoisotopic (exact) mass is 485 g/mol. The van der Waals surface area contributed by atoms with E-state index in [0.29, 0.717) is 24.7 Å². The van der Waals surface area contributed by atoms with Gasteiger partial charge in [0.15, 0.2) is 5.49 Å². The highest BCUT2D eigenvalue weighted by Crippen LogP contribution is 2.33. The minimum absolute atomic E-state index is 0.0473. The maximum Gasteiger partial charge on any atom is 0.416 e. The Labute approximate surface area is 196 Å². The lowest BCUT2D eigenvalue weighted by Crippen LogP contribution is -2.30. The summed E-state index contributed by atoms with van der Waals surface area (Å²) in [5.41, 5.74) is -0.465. The van der Waals surface area contributed by atoms with Crippen LogP contribution in [0.2, 0.25) is 0 Å². The molecule has 1 aliphatic rings. The molecule has 0 spiro atoms. The van der Waals surface area contributed by atoms with Crippen LogP contribution in [0.25, 0.3) is 0 Å². The molecule has 1 aromatic carbocycles. The van der Waals surface area contributed by atoms with Gasteiger partial charge in [0.1, 0.15) is 18.5 Å². The van der Waals surface area contributed by atoms with Crippen LogP contribution in [0.4, 0.5) is 17.6 Å². The highest BCUT2D eigenvalue weighted by atomic mass is 19.4. The van der Waals surface area contributed by atoms with Gasteiger partial charge in [0.25, 0.3) is 5.91 Å². The molecule has 0 aliphatic carbocycles. The zero-order valence-electron chi connectivity index (χ0n) is 20.1. The Hall–Kier alpha value is -2.62. The number of hydrogen-bond acceptors (Lipinski definition) is 3. The van der Waals surface area contributed by atoms with Gasteiger partial charge < -0.3 is 9.47 Å². The molecular weight excluding hydrogens is 454 g/mol. The molecule has 0 radical (unpaired) electrons. The maximum atomic E-state index is 13.3. The summed E-state index contributed by atoms with van der Waals surface area (Å²) in [5, 5.41) is 0. The van der Waals surface area contributed by atoms with Gasteiger partial charge in [-0.1, -0.05) is 20.8 Å². The number of hydrogen-bond donors (Lipinski definition) is 0. The van der Waals surface area contributed by atoms with Crippen LogP contribution in [0.5, 0.6) is 5.75 Å². The summed E-state index contributed by atoms with van der Waals surface area (Å²) >= 11 is 0. The highest BCUT2D eigenvalue weighted by Gasteiger charge is 2.32. The number of amides is 1. The number of benzene rings is 1. The van der Waals surface area contributed by atoms with Crippen molar-refractivity contribution in [3.8, 4) is 5.75 Å². The summed E-state index contributed by atoms with van der Waals surface area (Å²) in [4.78, 5) is 17.3. The normalized spacial score (nSPS) is 18.4. The first-order valence-corrected chi connectivity index (χ1v) is 11.2. The summed E-state index contributed by atoms with van der Waals surface area (Å²) in [6.07, 6.45) is -4.27. The lowest BCUT2D eigenvalue weighted by molar-refractivity contribution is -0.137. The molecule has 1 saturated heterocycles. The van der Waals surface area contributed by atoms with Gasteiger partial charge in [-0.15, -0.1) is 0 Å². The number of ether oxygens (including phenoxy) is 2. The third kappa shape index (κ3) is 6.08. The fourth-order valence-corrected chi connectivity index (χ4v) is 3.93. The highest BCUT2D eigenvalue weighted by molar-refractivity contribution is 5.97. The van der Waals surface area contributed by atoms with Gasteiger partial charge >= 0.3 is 6.18 Å². The van der Waals surface area contributed by atoms with Gasteiger partial charge in [0.2, 0.25) is 0 Å². The Kier molecular flexibility index (Phi) is 7.59. The topological polar surface area (TPSA) is 57.8 Å². The van der Waals surface area contributed by atoms with Crippen molar-refractivity contribution in [2.45, 2.75) is 70.9 Å². The van der Waals surface area contributed by atoms with Gasteiger partial charge in [-0.05, 0) is 38.0 Å². The Morgan fingerprint density at radius 2 is 1.97 bits per heavy atom. The van der Waals surface area contributed by atoms with Crippen molar-refractivity contribution in [3.05, 3.63) is 46.6 Å². The Morgan fingerprint density at radius 3 is 2.53 bits per heavy atom. The summed E-state index contributed by atoms with van der Waals surface area (Å²) in [6.45, 7) is 8.00. The fraction of sp³-hybridized carbons (Fsp3) is 0.583. The van der Waals surface area contributed by atoms with E-state index in [1.54, 1.807) is 10.7 Å². The number of carbonyl (C=O) groups is 1. The van der Waals surface area contributed by atoms with Crippen molar-refractivity contribution < 1.29 is 31.8 Å². The molecule has 0 N–H and O–H groups in total. The van der Waals surface area contributed by atoms with Crippen LogP contribution in [-0.2, 0) is 29.9 Å². The first kappa shape index (κ1) is 26.0. The average molecular weight is 486 g/mol. The Bertz CT molecular complexity index is 1090. The van der Waals surface area contributed by atoms with E-state index in [9.17, 15) is 22.4 Å². The number of halogens is 4. The summed E-state index contributed by atoms with van der Waals surface area (Å²) in [6, 6.07) is 4.28. The van der Waals surface area contributed by atoms with Gasteiger partial charge in [-0.25, -0.2) is 4.39 Å². The van der Waals surface area contributed by atoms with Crippen LogP contribution < -0.4 is 10.2 Å². The van der Waals surface area contributed by atoms with E-state index >= 15 is 0 Å². The molecule has 0 saturated carbocycles. The molecule has 2 heterocycles. The van der Waals surface area contributed by atoms with E-state index in [0.717, 1.165) is 30.7 Å². The van der Waals surface area contributed by atoms with Gasteiger partial charge in [0, 0.05) is 30.8 Å². The lowest BCUT2D eigenvalue weighted by Gasteiger charge is -2.21. The van der Waals surface area contributed by atoms with E-state index in [4.69, 9.17) is 9.47 Å². The van der Waals surface area contributed by atoms with E-state index in [1.165, 1.54) is 6.92 Å². The Morgan fingerprint density at radius 1 is 1.26 bits per heavy atom. The average Bonchev–Trinajstić information content (AvgIpc) is 3.34. The molecular formula is C24H31F4N3O3. The van der Waals surface area contributed by atoms with Gasteiger partial charge in [0.05, 0.1) is 23.8 Å². The summed E-state index contributed by atoms with van der Waals surface area (Å²) < 4.78 is 68.0. The quantitative estimate of drug-likeness (QED) is 0.553. The predicted octanol–water partition coefficient (Wildman–Crippen LogP) is 4.80. The third-order valence-corrected chi connectivity index (χ3v) is 5.63. The molecule has 188 valence electrons. The molecule has 2 atom stereocenters. The molecule has 0 bridgehead atoms. The van der Waals surface area contributed by atoms with Crippen molar-refractivity contribution in [1.29, 1.82) is 0 Å². The SMILES string of the molecule is CC(F)COc1ccc(C(F)(F)F)cc1C(=O)N=c1cc(C(C)(C)C)n(C)n1C[C@H]1CCCO1. The second-order valence-electron chi connectivity index (χ2n) is 9.60. The van der Waals surface area contributed by atoms with Crippen molar-refractivity contribution in [1.82, 2.24) is 9.36 Å². The van der Waals surface area contributed by atoms with Crippen LogP contribution >= 0.6 is 0 Å². The number of rotatable bonds is 6. The molecule has 3 rings (SSSR count). The second-order valence-corrected chi connectivity index (χ2v) is 9.60. The smallest absolute Gasteiger partial charge is 0.416 e. The number of aromatic nitrogens is 2. The van der Waals surface area contributed by atoms with Gasteiger partial charge in [-0.2, -0.15) is 18.2 Å². The van der Waals surface area contributed by atoms with E-state index < -0.39 is 30.4 Å². The van der Waals surface area contributed by atoms with Crippen molar-refractivity contribution in [2.24, 2.45) is 12.0 Å². The summed E-state index contributed by atoms with van der Waals surface area (Å²) in [7, 11) is 1.85. The molecule has 1 aliphatic heterocycles. The Balaban J connectivity index is 2.10. The first-order chi connectivity index (χ1) is 15.8. The minimum Gasteiger partial charge on any atom is -0.490 e. The fourth-order valence-electron chi connectivity index (χ4n) is 3.93. The minimum atomic E-state index is -4.66. The molecule has 1 fully saturated rings. The van der Waals surface area contributed by atoms with Crippen LogP contribution in [-0.4, -0.2) is 40.8 Å². The molecule has 1 unspecified atom stereocenters. The van der Waals surface area contributed by atoms with Crippen LogP contribution in [0.15, 0.2) is 29.3 Å². The molecule has 1 amide bonds. The zero-order valence-corrected chi connectivity index (χ0v) is 20.1. The standard InChI is InChI=1S/C24H31F4N3O3/c1-15(25)14-34-19-9-8-16(24(26,27)28)11-18(19)22(32)29-21-12-20(23(2,3)4)30(5)31(21)13-17-7-6-10-33-17/h8-9,11-12,15,17H,6-7,10,13-14H2,1-5H3/t15?,17-/m1/s1. The van der Waals surface area contributed by atoms with Crippen LogP contribution in [0, 0.1) is 0 Å². The number of nitrogens with zero attached hydrogens (tertiary/aromatic N) is 3. The van der Waals surface area contributed by atoms with Gasteiger partial charge in [-0.3, -0.25) is 14.2 Å². The molecule has 34 heavy (non-hydrogen) atoms. The zero-order chi connectivity index (χ0) is 25.3. The van der Waals surface area contributed by atoms with Crippen LogP contribution in [0.1, 0.15) is 62.2 Å². The second kappa shape index (κ2) is 9.93. The molecule has 1 aromatic heterocycles. The number of alkyl halides is 4.